The molecule has 24 heavy (non-hydrogen) atoms. The van der Waals surface area contributed by atoms with Crippen LogP contribution in [0.4, 0.5) is 0 Å². The van der Waals surface area contributed by atoms with Gasteiger partial charge in [0.1, 0.15) is 5.82 Å². The molecule has 2 aromatic rings. The van der Waals surface area contributed by atoms with Gasteiger partial charge in [-0.2, -0.15) is 0 Å². The summed E-state index contributed by atoms with van der Waals surface area (Å²) in [6.45, 7) is 5.38. The van der Waals surface area contributed by atoms with E-state index >= 15 is 0 Å². The van der Waals surface area contributed by atoms with Gasteiger partial charge in [0.05, 0.1) is 10.9 Å². The number of aryl methyl sites for hydroxylation is 1. The number of likely N-dealkylation sites (tertiary alicyclic amines) is 1. The number of imidazole rings is 1. The molecule has 2 fully saturated rings. The molecule has 1 unspecified atom stereocenters. The van der Waals surface area contributed by atoms with Crippen LogP contribution in [-0.4, -0.2) is 46.7 Å². The molecule has 0 N–H and O–H groups in total. The molecule has 2 aliphatic rings. The van der Waals surface area contributed by atoms with Crippen LogP contribution in [0.5, 0.6) is 0 Å². The molecule has 0 aliphatic carbocycles. The summed E-state index contributed by atoms with van der Waals surface area (Å²) in [7, 11) is 0. The van der Waals surface area contributed by atoms with Crippen molar-refractivity contribution in [2.75, 3.05) is 26.3 Å². The highest BCUT2D eigenvalue weighted by molar-refractivity contribution is 7.12. The van der Waals surface area contributed by atoms with Gasteiger partial charge in [-0.25, -0.2) is 4.98 Å². The molecule has 1 atom stereocenters. The van der Waals surface area contributed by atoms with Crippen molar-refractivity contribution in [3.8, 4) is 0 Å². The first kappa shape index (κ1) is 15.8. The van der Waals surface area contributed by atoms with E-state index < -0.39 is 0 Å². The predicted molar refractivity (Wildman–Crippen MR) is 93.6 cm³/mol. The summed E-state index contributed by atoms with van der Waals surface area (Å²) >= 11 is 1.52. The van der Waals surface area contributed by atoms with Crippen molar-refractivity contribution in [3.05, 3.63) is 40.1 Å². The van der Waals surface area contributed by atoms with Crippen molar-refractivity contribution in [1.29, 1.82) is 0 Å². The van der Waals surface area contributed by atoms with Gasteiger partial charge >= 0.3 is 0 Å². The van der Waals surface area contributed by atoms with E-state index in [2.05, 4.69) is 11.5 Å². The van der Waals surface area contributed by atoms with Crippen molar-refractivity contribution < 1.29 is 9.53 Å². The van der Waals surface area contributed by atoms with Crippen molar-refractivity contribution in [3.63, 3.8) is 0 Å². The predicted octanol–water partition coefficient (Wildman–Crippen LogP) is 3.23. The van der Waals surface area contributed by atoms with Crippen LogP contribution in [0, 0.1) is 6.92 Å². The molecule has 1 amide bonds. The summed E-state index contributed by atoms with van der Waals surface area (Å²) in [6.07, 6.45) is 5.07. The van der Waals surface area contributed by atoms with Crippen molar-refractivity contribution in [2.24, 2.45) is 0 Å². The molecule has 0 radical (unpaired) electrons. The third kappa shape index (κ3) is 2.89. The summed E-state index contributed by atoms with van der Waals surface area (Å²) < 4.78 is 7.88. The second kappa shape index (κ2) is 6.69. The largest absolute Gasteiger partial charge is 0.381 e. The average Bonchev–Trinajstić information content (AvgIpc) is 3.35. The van der Waals surface area contributed by atoms with E-state index in [0.717, 1.165) is 50.4 Å². The molecule has 0 spiro atoms. The Morgan fingerprint density at radius 1 is 1.33 bits per heavy atom. The maximum absolute atomic E-state index is 12.6. The highest BCUT2D eigenvalue weighted by Crippen LogP contribution is 2.32. The van der Waals surface area contributed by atoms with Gasteiger partial charge in [0.2, 0.25) is 0 Å². The minimum atomic E-state index is 0.165. The second-order valence-electron chi connectivity index (χ2n) is 6.69. The first-order chi connectivity index (χ1) is 11.7. The van der Waals surface area contributed by atoms with Gasteiger partial charge in [0, 0.05) is 44.1 Å². The van der Waals surface area contributed by atoms with Gasteiger partial charge in [0.25, 0.3) is 5.91 Å². The quantitative estimate of drug-likeness (QED) is 0.858. The van der Waals surface area contributed by atoms with Crippen LogP contribution < -0.4 is 0 Å². The van der Waals surface area contributed by atoms with Crippen LogP contribution in [0.3, 0.4) is 0 Å². The van der Waals surface area contributed by atoms with Crippen molar-refractivity contribution >= 4 is 17.2 Å². The van der Waals surface area contributed by atoms with E-state index in [1.165, 1.54) is 22.9 Å². The Hall–Kier alpha value is -1.66. The van der Waals surface area contributed by atoms with Crippen LogP contribution in [0.2, 0.25) is 0 Å². The number of hydrogen-bond donors (Lipinski definition) is 0. The fourth-order valence-corrected chi connectivity index (χ4v) is 4.58. The fraction of sp³-hybridized carbons (Fsp3) is 0.556. The number of amides is 1. The van der Waals surface area contributed by atoms with E-state index in [0.29, 0.717) is 12.0 Å². The molecule has 0 aromatic carbocycles. The molecule has 5 nitrogen and oxygen atoms in total. The minimum absolute atomic E-state index is 0.165. The standard InChI is InChI=1S/C18H23N3O2S/c1-13-11-19-17(14-5-8-23-9-6-14)21(13)15-4-7-20(12-15)18(22)16-3-2-10-24-16/h2-3,10-11,14-15H,4-9,12H2,1H3. The van der Waals surface area contributed by atoms with Crippen LogP contribution in [-0.2, 0) is 4.74 Å². The monoisotopic (exact) mass is 345 g/mol. The first-order valence-corrected chi connectivity index (χ1v) is 9.56. The SMILES string of the molecule is Cc1cnc(C2CCOCC2)n1C1CCN(C(=O)c2cccs2)C1. The molecular weight excluding hydrogens is 322 g/mol. The summed E-state index contributed by atoms with van der Waals surface area (Å²) in [5.41, 5.74) is 1.20. The number of rotatable bonds is 3. The lowest BCUT2D eigenvalue weighted by Gasteiger charge is -2.26. The number of thiophene rings is 1. The molecule has 128 valence electrons. The Kier molecular flexibility index (Phi) is 4.41. The van der Waals surface area contributed by atoms with Crippen LogP contribution >= 0.6 is 11.3 Å². The maximum Gasteiger partial charge on any atom is 0.263 e. The van der Waals surface area contributed by atoms with Crippen LogP contribution in [0.25, 0.3) is 0 Å². The van der Waals surface area contributed by atoms with Gasteiger partial charge in [-0.3, -0.25) is 4.79 Å². The van der Waals surface area contributed by atoms with E-state index in [1.807, 2.05) is 28.6 Å². The molecular formula is C18H23N3O2S. The van der Waals surface area contributed by atoms with E-state index in [9.17, 15) is 4.79 Å². The van der Waals surface area contributed by atoms with Crippen molar-refractivity contribution in [2.45, 2.75) is 38.1 Å². The number of hydrogen-bond acceptors (Lipinski definition) is 4. The fourth-order valence-electron chi connectivity index (χ4n) is 3.89. The zero-order valence-corrected chi connectivity index (χ0v) is 14.8. The van der Waals surface area contributed by atoms with Gasteiger partial charge in [-0.05, 0) is 37.6 Å². The Labute approximate surface area is 146 Å². The highest BCUT2D eigenvalue weighted by atomic mass is 32.1. The average molecular weight is 345 g/mol. The summed E-state index contributed by atoms with van der Waals surface area (Å²) in [4.78, 5) is 20.1. The lowest BCUT2D eigenvalue weighted by atomic mass is 9.99. The van der Waals surface area contributed by atoms with E-state index in [-0.39, 0.29) is 5.91 Å². The molecule has 2 aliphatic heterocycles. The Morgan fingerprint density at radius 2 is 2.17 bits per heavy atom. The molecule has 2 aromatic heterocycles. The third-order valence-corrected chi connectivity index (χ3v) is 6.00. The zero-order chi connectivity index (χ0) is 16.5. The lowest BCUT2D eigenvalue weighted by molar-refractivity contribution is 0.0788. The van der Waals surface area contributed by atoms with Crippen LogP contribution in [0.1, 0.15) is 52.4 Å². The Bertz CT molecular complexity index is 704. The summed E-state index contributed by atoms with van der Waals surface area (Å²) in [6, 6.07) is 4.19. The molecule has 6 heteroatoms. The maximum atomic E-state index is 12.6. The van der Waals surface area contributed by atoms with Gasteiger partial charge in [-0.1, -0.05) is 6.07 Å². The molecule has 0 bridgehead atoms. The van der Waals surface area contributed by atoms with E-state index in [1.54, 1.807) is 0 Å². The molecule has 4 rings (SSSR count). The number of carbonyl (C=O) groups is 1. The number of ether oxygens (including phenoxy) is 1. The summed E-state index contributed by atoms with van der Waals surface area (Å²) in [5.74, 6) is 1.83. The Balaban J connectivity index is 1.53. The second-order valence-corrected chi connectivity index (χ2v) is 7.63. The van der Waals surface area contributed by atoms with Gasteiger partial charge in [-0.15, -0.1) is 11.3 Å². The van der Waals surface area contributed by atoms with E-state index in [4.69, 9.17) is 9.72 Å². The van der Waals surface area contributed by atoms with Gasteiger partial charge in [0.15, 0.2) is 0 Å². The first-order valence-electron chi connectivity index (χ1n) is 8.68. The molecule has 4 heterocycles. The van der Waals surface area contributed by atoms with Crippen LogP contribution in [0.15, 0.2) is 23.7 Å². The number of nitrogens with zero attached hydrogens (tertiary/aromatic N) is 3. The molecule has 0 saturated carbocycles. The Morgan fingerprint density at radius 3 is 2.92 bits per heavy atom. The number of aromatic nitrogens is 2. The smallest absolute Gasteiger partial charge is 0.263 e. The highest BCUT2D eigenvalue weighted by Gasteiger charge is 2.32. The summed E-state index contributed by atoms with van der Waals surface area (Å²) in [5, 5.41) is 1.96. The molecule has 2 saturated heterocycles. The third-order valence-electron chi connectivity index (χ3n) is 5.14. The lowest BCUT2D eigenvalue weighted by Crippen LogP contribution is -2.29. The van der Waals surface area contributed by atoms with Crippen molar-refractivity contribution in [1.82, 2.24) is 14.5 Å². The normalized spacial score (nSPS) is 22.2. The number of carbonyl (C=O) groups excluding carboxylic acids is 1. The minimum Gasteiger partial charge on any atom is -0.381 e. The zero-order valence-electron chi connectivity index (χ0n) is 14.0. The van der Waals surface area contributed by atoms with Gasteiger partial charge < -0.3 is 14.2 Å². The topological polar surface area (TPSA) is 47.4 Å².